The van der Waals surface area contributed by atoms with Crippen LogP contribution < -0.4 is 4.90 Å². The van der Waals surface area contributed by atoms with E-state index >= 15 is 0 Å². The minimum atomic E-state index is -0.196. The Hall–Kier alpha value is -0.610. The van der Waals surface area contributed by atoms with E-state index in [1.807, 2.05) is 6.07 Å². The van der Waals surface area contributed by atoms with Crippen molar-refractivity contribution in [2.45, 2.75) is 0 Å². The maximum absolute atomic E-state index is 13.3. The molecule has 2 heterocycles. The monoisotopic (exact) mass is 271 g/mol. The van der Waals surface area contributed by atoms with E-state index in [1.54, 1.807) is 12.1 Å². The first-order chi connectivity index (χ1) is 7.19. The zero-order valence-electron chi connectivity index (χ0n) is 8.17. The lowest BCUT2D eigenvalue weighted by molar-refractivity contribution is -0.127. The predicted molar refractivity (Wildman–Crippen MR) is 59.6 cm³/mol. The quantitative estimate of drug-likeness (QED) is 0.778. The van der Waals surface area contributed by atoms with E-state index < -0.39 is 0 Å². The van der Waals surface area contributed by atoms with Crippen LogP contribution in [-0.2, 0) is 4.74 Å². The second-order valence-electron chi connectivity index (χ2n) is 4.45. The molecule has 2 nitrogen and oxygen atoms in total. The van der Waals surface area contributed by atoms with Gasteiger partial charge in [-0.1, -0.05) is 0 Å². The summed E-state index contributed by atoms with van der Waals surface area (Å²) in [6, 6.07) is 5.28. The Morgan fingerprint density at radius 1 is 1.33 bits per heavy atom. The summed E-state index contributed by atoms with van der Waals surface area (Å²) in [5, 5.41) is 0. The molecule has 3 rings (SSSR count). The Morgan fingerprint density at radius 2 is 2.07 bits per heavy atom. The van der Waals surface area contributed by atoms with Crippen molar-refractivity contribution in [3.05, 3.63) is 28.5 Å². The molecule has 2 aliphatic heterocycles. The van der Waals surface area contributed by atoms with Gasteiger partial charge in [0.15, 0.2) is 0 Å². The van der Waals surface area contributed by atoms with Crippen LogP contribution in [0.4, 0.5) is 10.1 Å². The number of nitrogens with zero attached hydrogens (tertiary/aromatic N) is 1. The van der Waals surface area contributed by atoms with Crippen molar-refractivity contribution >= 4 is 21.6 Å². The third-order valence-electron chi connectivity index (χ3n) is 3.14. The normalized spacial score (nSPS) is 22.4. The molecule has 0 aliphatic carbocycles. The third-order valence-corrected chi connectivity index (χ3v) is 3.78. The van der Waals surface area contributed by atoms with Crippen LogP contribution in [0.15, 0.2) is 22.7 Å². The lowest BCUT2D eigenvalue weighted by Gasteiger charge is -2.56. The molecule has 1 aromatic rings. The zero-order valence-corrected chi connectivity index (χ0v) is 9.76. The average Bonchev–Trinajstić information content (AvgIpc) is 2.06. The maximum Gasteiger partial charge on any atom is 0.139 e. The molecule has 0 N–H and O–H groups in total. The molecule has 1 aromatic carbocycles. The number of anilines is 1. The Kier molecular flexibility index (Phi) is 2.04. The zero-order chi connectivity index (χ0) is 10.5. The summed E-state index contributed by atoms with van der Waals surface area (Å²) in [4.78, 5) is 2.19. The van der Waals surface area contributed by atoms with Gasteiger partial charge in [-0.2, -0.15) is 0 Å². The first-order valence-electron chi connectivity index (χ1n) is 4.96. The lowest BCUT2D eigenvalue weighted by Crippen LogP contribution is -2.66. The molecule has 2 saturated heterocycles. The van der Waals surface area contributed by atoms with Gasteiger partial charge in [-0.25, -0.2) is 4.39 Å². The Labute approximate surface area is 96.2 Å². The SMILES string of the molecule is Fc1cc(N2CC3(COC3)C2)ccc1Br. The van der Waals surface area contributed by atoms with Gasteiger partial charge in [0.25, 0.3) is 0 Å². The molecule has 0 bridgehead atoms. The van der Waals surface area contributed by atoms with Crippen LogP contribution in [0.5, 0.6) is 0 Å². The van der Waals surface area contributed by atoms with E-state index in [9.17, 15) is 4.39 Å². The highest BCUT2D eigenvalue weighted by Gasteiger charge is 2.49. The molecule has 0 saturated carbocycles. The molecule has 1 spiro atoms. The number of rotatable bonds is 1. The van der Waals surface area contributed by atoms with Gasteiger partial charge < -0.3 is 9.64 Å². The number of hydrogen-bond acceptors (Lipinski definition) is 2. The lowest BCUT2D eigenvalue weighted by atomic mass is 9.78. The predicted octanol–water partition coefficient (Wildman–Crippen LogP) is 2.42. The van der Waals surface area contributed by atoms with Crippen LogP contribution in [0, 0.1) is 11.2 Å². The standard InChI is InChI=1S/C11H11BrFNO/c12-9-2-1-8(3-10(9)13)14-4-11(5-14)6-15-7-11/h1-3H,4-7H2. The van der Waals surface area contributed by atoms with E-state index in [2.05, 4.69) is 20.8 Å². The molecule has 0 unspecified atom stereocenters. The average molecular weight is 272 g/mol. The number of benzene rings is 1. The van der Waals surface area contributed by atoms with Crippen LogP contribution in [0.3, 0.4) is 0 Å². The van der Waals surface area contributed by atoms with Gasteiger partial charge in [0, 0.05) is 18.8 Å². The second kappa shape index (κ2) is 3.19. The Bertz CT molecular complexity index is 398. The van der Waals surface area contributed by atoms with Gasteiger partial charge in [0.1, 0.15) is 5.82 Å². The molecule has 0 aromatic heterocycles. The van der Waals surface area contributed by atoms with Crippen LogP contribution in [0.2, 0.25) is 0 Å². The highest BCUT2D eigenvalue weighted by Crippen LogP contribution is 2.40. The smallest absolute Gasteiger partial charge is 0.139 e. The van der Waals surface area contributed by atoms with Gasteiger partial charge in [-0.05, 0) is 34.1 Å². The summed E-state index contributed by atoms with van der Waals surface area (Å²) in [5.41, 5.74) is 1.34. The fraction of sp³-hybridized carbons (Fsp3) is 0.455. The van der Waals surface area contributed by atoms with Crippen molar-refractivity contribution in [1.82, 2.24) is 0 Å². The largest absolute Gasteiger partial charge is 0.380 e. The van der Waals surface area contributed by atoms with Crippen molar-refractivity contribution in [2.75, 3.05) is 31.2 Å². The molecular formula is C11H11BrFNO. The van der Waals surface area contributed by atoms with E-state index in [1.165, 1.54) is 0 Å². The molecule has 0 radical (unpaired) electrons. The van der Waals surface area contributed by atoms with Crippen LogP contribution in [0.25, 0.3) is 0 Å². The van der Waals surface area contributed by atoms with Crippen molar-refractivity contribution < 1.29 is 9.13 Å². The van der Waals surface area contributed by atoms with Crippen molar-refractivity contribution in [3.8, 4) is 0 Å². The van der Waals surface area contributed by atoms with E-state index in [-0.39, 0.29) is 5.82 Å². The second-order valence-corrected chi connectivity index (χ2v) is 5.30. The number of ether oxygens (including phenoxy) is 1. The fourth-order valence-corrected chi connectivity index (χ4v) is 2.45. The maximum atomic E-state index is 13.3. The molecule has 0 amide bonds. The van der Waals surface area contributed by atoms with Crippen LogP contribution in [-0.4, -0.2) is 26.3 Å². The summed E-state index contributed by atoms with van der Waals surface area (Å²) < 4.78 is 19.0. The van der Waals surface area contributed by atoms with E-state index in [0.717, 1.165) is 32.0 Å². The van der Waals surface area contributed by atoms with Gasteiger partial charge in [-0.3, -0.25) is 0 Å². The summed E-state index contributed by atoms with van der Waals surface area (Å²) in [6.45, 7) is 3.72. The molecule has 2 aliphatic rings. The third kappa shape index (κ3) is 1.47. The van der Waals surface area contributed by atoms with E-state index in [0.29, 0.717) is 9.89 Å². The summed E-state index contributed by atoms with van der Waals surface area (Å²) in [6.07, 6.45) is 0. The van der Waals surface area contributed by atoms with Gasteiger partial charge in [0.2, 0.25) is 0 Å². The Balaban J connectivity index is 1.75. The summed E-state index contributed by atoms with van der Waals surface area (Å²) in [7, 11) is 0. The number of halogens is 2. The van der Waals surface area contributed by atoms with Crippen molar-refractivity contribution in [3.63, 3.8) is 0 Å². The first kappa shape index (κ1) is 9.60. The fourth-order valence-electron chi connectivity index (χ4n) is 2.20. The van der Waals surface area contributed by atoms with Crippen molar-refractivity contribution in [2.24, 2.45) is 5.41 Å². The minimum absolute atomic E-state index is 0.196. The molecule has 15 heavy (non-hydrogen) atoms. The van der Waals surface area contributed by atoms with Crippen LogP contribution in [0.1, 0.15) is 0 Å². The number of hydrogen-bond donors (Lipinski definition) is 0. The highest BCUT2D eigenvalue weighted by molar-refractivity contribution is 9.10. The minimum Gasteiger partial charge on any atom is -0.380 e. The highest BCUT2D eigenvalue weighted by atomic mass is 79.9. The Morgan fingerprint density at radius 3 is 2.60 bits per heavy atom. The molecule has 4 heteroatoms. The van der Waals surface area contributed by atoms with Gasteiger partial charge in [-0.15, -0.1) is 0 Å². The molecule has 80 valence electrons. The molecular weight excluding hydrogens is 261 g/mol. The van der Waals surface area contributed by atoms with Crippen LogP contribution >= 0.6 is 15.9 Å². The summed E-state index contributed by atoms with van der Waals surface area (Å²) >= 11 is 3.15. The van der Waals surface area contributed by atoms with Gasteiger partial charge >= 0.3 is 0 Å². The molecule has 0 atom stereocenters. The molecule has 2 fully saturated rings. The summed E-state index contributed by atoms with van der Waals surface area (Å²) in [5.74, 6) is -0.196. The van der Waals surface area contributed by atoms with E-state index in [4.69, 9.17) is 4.74 Å². The first-order valence-corrected chi connectivity index (χ1v) is 5.76. The van der Waals surface area contributed by atoms with Crippen molar-refractivity contribution in [1.29, 1.82) is 0 Å². The topological polar surface area (TPSA) is 12.5 Å². The van der Waals surface area contributed by atoms with Gasteiger partial charge in [0.05, 0.1) is 23.1 Å².